The monoisotopic (exact) mass is 307 g/mol. The van der Waals surface area contributed by atoms with Gasteiger partial charge in [0, 0.05) is 20.6 Å². The van der Waals surface area contributed by atoms with Crippen molar-refractivity contribution in [2.45, 2.75) is 19.0 Å². The van der Waals surface area contributed by atoms with Crippen LogP contribution in [0.5, 0.6) is 0 Å². The van der Waals surface area contributed by atoms with Gasteiger partial charge in [0.05, 0.1) is 6.61 Å². The number of carbonyl (C=O) groups is 3. The fourth-order valence-electron chi connectivity index (χ4n) is 1.24. The summed E-state index contributed by atoms with van der Waals surface area (Å²) in [7, 11) is 6.82. The predicted molar refractivity (Wildman–Crippen MR) is 79.5 cm³/mol. The van der Waals surface area contributed by atoms with Crippen molar-refractivity contribution in [2.24, 2.45) is 5.73 Å². The standard InChI is InChI=1S/C10H20N4O4.C2H7N/c1-6(15)14-7(9(11)16)4-13-10(17)8(12-2)5-18-3;1-3-2/h7-8,12H,4-5H2,1-3H3,(H2,11,16)(H,13,17)(H,14,15);3H,1-2H3/t7-,8-;/m0./s1/i/hT. The number of likely N-dealkylation sites (N-methyl/N-ethyl adjacent to an activating group) is 1. The van der Waals surface area contributed by atoms with E-state index in [-0.39, 0.29) is 19.1 Å². The summed E-state index contributed by atoms with van der Waals surface area (Å²) in [6.07, 6.45) is 0. The van der Waals surface area contributed by atoms with Gasteiger partial charge in [0.25, 0.3) is 0 Å². The molecule has 0 radical (unpaired) electrons. The van der Waals surface area contributed by atoms with Crippen LogP contribution in [0.25, 0.3) is 0 Å². The highest BCUT2D eigenvalue weighted by molar-refractivity contribution is 5.87. The molecule has 0 bridgehead atoms. The maximum atomic E-state index is 11.7. The maximum absolute atomic E-state index is 11.7. The molecular weight excluding hydrogens is 278 g/mol. The van der Waals surface area contributed by atoms with Crippen molar-refractivity contribution in [2.75, 3.05) is 41.4 Å². The maximum Gasteiger partial charge on any atom is 0.241 e. The van der Waals surface area contributed by atoms with E-state index < -0.39 is 23.9 Å². The number of hydrogen-bond donors (Lipinski definition) is 5. The second-order valence-corrected chi connectivity index (χ2v) is 4.16. The molecule has 9 nitrogen and oxygen atoms in total. The van der Waals surface area contributed by atoms with Gasteiger partial charge >= 0.3 is 0 Å². The summed E-state index contributed by atoms with van der Waals surface area (Å²) in [4.78, 5) is 34.0. The SMILES string of the molecule is CNC.[3H]NC(=O)[C@H](CNC(=O)[C@H](COC)NC)NC(C)=O. The Morgan fingerprint density at radius 2 is 1.81 bits per heavy atom. The van der Waals surface area contributed by atoms with Crippen LogP contribution in [0.1, 0.15) is 6.92 Å². The van der Waals surface area contributed by atoms with Crippen molar-refractivity contribution in [3.05, 3.63) is 0 Å². The van der Waals surface area contributed by atoms with Gasteiger partial charge in [0.1, 0.15) is 12.1 Å². The van der Waals surface area contributed by atoms with Gasteiger partial charge in [-0.2, -0.15) is 0 Å². The number of hydrogen-bond acceptors (Lipinski definition) is 6. The van der Waals surface area contributed by atoms with Crippen molar-refractivity contribution in [1.82, 2.24) is 21.3 Å². The Bertz CT molecular complexity index is 343. The second-order valence-electron chi connectivity index (χ2n) is 4.16. The summed E-state index contributed by atoms with van der Waals surface area (Å²) in [5, 5.41) is 10.3. The van der Waals surface area contributed by atoms with Crippen LogP contribution in [-0.4, -0.2) is 71.2 Å². The van der Waals surface area contributed by atoms with Crippen molar-refractivity contribution < 1.29 is 20.5 Å². The van der Waals surface area contributed by atoms with E-state index in [4.69, 9.17) is 6.15 Å². The lowest BCUT2D eigenvalue weighted by molar-refractivity contribution is -0.127. The Balaban J connectivity index is 0. The quantitative estimate of drug-likeness (QED) is 0.328. The molecule has 21 heavy (non-hydrogen) atoms. The molecule has 0 fully saturated rings. The first kappa shape index (κ1) is 19.3. The first-order valence-electron chi connectivity index (χ1n) is 6.88. The molecule has 0 rings (SSSR count). The van der Waals surface area contributed by atoms with Crippen LogP contribution in [0.4, 0.5) is 0 Å². The highest BCUT2D eigenvalue weighted by Gasteiger charge is 2.20. The van der Waals surface area contributed by atoms with Gasteiger partial charge in [-0.1, -0.05) is 0 Å². The summed E-state index contributed by atoms with van der Waals surface area (Å²) < 4.78 is 11.6. The van der Waals surface area contributed by atoms with Crippen molar-refractivity contribution in [1.29, 1.82) is 0 Å². The van der Waals surface area contributed by atoms with Gasteiger partial charge < -0.3 is 31.7 Å². The molecule has 0 aromatic carbocycles. The molecule has 9 heteroatoms. The second kappa shape index (κ2) is 13.3. The number of amides is 3. The van der Waals surface area contributed by atoms with Gasteiger partial charge in [-0.05, 0) is 21.1 Å². The minimum absolute atomic E-state index is 0.106. The Labute approximate surface area is 126 Å². The molecule has 0 saturated carbocycles. The molecule has 0 spiro atoms. The number of ether oxygens (including phenoxy) is 1. The molecule has 124 valence electrons. The molecule has 0 aliphatic rings. The lowest BCUT2D eigenvalue weighted by atomic mass is 10.2. The van der Waals surface area contributed by atoms with Crippen molar-refractivity contribution in [3.63, 3.8) is 0 Å². The van der Waals surface area contributed by atoms with E-state index >= 15 is 0 Å². The number of nitrogens with one attached hydrogen (secondary N) is 4. The zero-order valence-electron chi connectivity index (χ0n) is 14.2. The van der Waals surface area contributed by atoms with Crippen LogP contribution in [0.15, 0.2) is 0 Å². The number of nitrogens with two attached hydrogens (primary N) is 1. The zero-order valence-corrected chi connectivity index (χ0v) is 13.2. The molecule has 0 aromatic heterocycles. The molecule has 0 aliphatic heterocycles. The van der Waals surface area contributed by atoms with E-state index in [9.17, 15) is 14.4 Å². The van der Waals surface area contributed by atoms with Gasteiger partial charge in [-0.25, -0.2) is 0 Å². The first-order chi connectivity index (χ1) is 10.4. The summed E-state index contributed by atoms with van der Waals surface area (Å²) in [6.45, 7) is 1.32. The topological polar surface area (TPSA) is 135 Å². The highest BCUT2D eigenvalue weighted by Crippen LogP contribution is 1.87. The molecule has 2 atom stereocenters. The van der Waals surface area contributed by atoms with Crippen LogP contribution in [0.2, 0.25) is 1.41 Å². The van der Waals surface area contributed by atoms with E-state index in [0.29, 0.717) is 0 Å². The molecule has 6 N–H and O–H groups in total. The third-order valence-electron chi connectivity index (χ3n) is 2.17. The lowest BCUT2D eigenvalue weighted by Crippen LogP contribution is -2.53. The number of primary amides is 1. The third-order valence-corrected chi connectivity index (χ3v) is 2.17. The van der Waals surface area contributed by atoms with E-state index in [1.54, 1.807) is 12.8 Å². The summed E-state index contributed by atoms with van der Waals surface area (Å²) >= 11 is 0. The number of rotatable bonds is 8. The van der Waals surface area contributed by atoms with Gasteiger partial charge in [-0.15, -0.1) is 0 Å². The fraction of sp³-hybridized carbons (Fsp3) is 0.750. The van der Waals surface area contributed by atoms with E-state index in [0.717, 1.165) is 0 Å². The van der Waals surface area contributed by atoms with Crippen LogP contribution < -0.4 is 27.0 Å². The van der Waals surface area contributed by atoms with Crippen LogP contribution in [0, 0.1) is 0 Å². The predicted octanol–water partition coefficient (Wildman–Crippen LogP) is -2.84. The van der Waals surface area contributed by atoms with Crippen molar-refractivity contribution in [3.8, 4) is 0 Å². The molecule has 0 heterocycles. The summed E-state index contributed by atoms with van der Waals surface area (Å²) in [6, 6.07) is -1.54. The van der Waals surface area contributed by atoms with Gasteiger partial charge in [0.15, 0.2) is 1.41 Å². The molecule has 0 unspecified atom stereocenters. The van der Waals surface area contributed by atoms with Crippen molar-refractivity contribution >= 4 is 17.7 Å². The lowest BCUT2D eigenvalue weighted by Gasteiger charge is -2.18. The molecule has 3 amide bonds. The minimum atomic E-state index is -0.987. The third kappa shape index (κ3) is 11.8. The van der Waals surface area contributed by atoms with Crippen LogP contribution >= 0.6 is 0 Å². The largest absolute Gasteiger partial charge is 0.383 e. The average molecular weight is 307 g/mol. The fourth-order valence-corrected chi connectivity index (χ4v) is 1.24. The summed E-state index contributed by atoms with van der Waals surface area (Å²) in [5.74, 6) is -1.49. The number of carbonyl (C=O) groups excluding carboxylic acids is 3. The minimum Gasteiger partial charge on any atom is -0.383 e. The van der Waals surface area contributed by atoms with E-state index in [2.05, 4.69) is 21.3 Å². The van der Waals surface area contributed by atoms with Gasteiger partial charge in [-0.3, -0.25) is 14.4 Å². The molecule has 0 saturated heterocycles. The Morgan fingerprint density at radius 1 is 1.24 bits per heavy atom. The van der Waals surface area contributed by atoms with Gasteiger partial charge in [0.2, 0.25) is 17.7 Å². The Kier molecular flexibility index (Phi) is 12.2. The number of methoxy groups -OCH3 is 1. The summed E-state index contributed by atoms with van der Waals surface area (Å²) in [5.41, 5.74) is 1.67. The molecular formula is C12H27N5O4. The highest BCUT2D eigenvalue weighted by atomic mass is 16.5. The Morgan fingerprint density at radius 3 is 2.19 bits per heavy atom. The average Bonchev–Trinajstić information content (AvgIpc) is 2.48. The van der Waals surface area contributed by atoms with E-state index in [1.807, 2.05) is 14.1 Å². The molecule has 0 aromatic rings. The Hall–Kier alpha value is -1.71. The normalized spacial score (nSPS) is 12.9. The zero-order chi connectivity index (χ0) is 17.5. The van der Waals surface area contributed by atoms with Crippen LogP contribution in [0.3, 0.4) is 0 Å². The van der Waals surface area contributed by atoms with Crippen LogP contribution in [-0.2, 0) is 19.1 Å². The first-order valence-corrected chi connectivity index (χ1v) is 6.38. The van der Waals surface area contributed by atoms with E-state index in [1.165, 1.54) is 14.0 Å². The molecule has 0 aliphatic carbocycles. The smallest absolute Gasteiger partial charge is 0.241 e.